The molecule has 1 aromatic rings. The van der Waals surface area contributed by atoms with Gasteiger partial charge in [0, 0.05) is 13.1 Å². The molecule has 0 fully saturated rings. The number of carbonyl (C=O) groups excluding carboxylic acids is 1. The van der Waals surface area contributed by atoms with Gasteiger partial charge in [-0.3, -0.25) is 4.68 Å². The molecule has 0 saturated carbocycles. The highest BCUT2D eigenvalue weighted by atomic mass is 16.2. The second kappa shape index (κ2) is 6.59. The molecule has 2 rings (SSSR count). The first kappa shape index (κ1) is 14.6. The molecule has 0 saturated heterocycles. The van der Waals surface area contributed by atoms with E-state index in [2.05, 4.69) is 27.9 Å². The van der Waals surface area contributed by atoms with Crippen LogP contribution in [-0.4, -0.2) is 22.4 Å². The maximum atomic E-state index is 12.0. The molecule has 0 radical (unpaired) electrons. The highest BCUT2D eigenvalue weighted by molar-refractivity contribution is 5.90. The predicted octanol–water partition coefficient (Wildman–Crippen LogP) is 3.00. The number of nitrogens with zero attached hydrogens (tertiary/aromatic N) is 2. The number of rotatable bonds is 4. The van der Waals surface area contributed by atoms with E-state index in [1.54, 1.807) is 0 Å². The third-order valence-electron chi connectivity index (χ3n) is 3.85. The van der Waals surface area contributed by atoms with Gasteiger partial charge in [0.25, 0.3) is 0 Å². The molecule has 1 aliphatic carbocycles. The van der Waals surface area contributed by atoms with Crippen LogP contribution in [-0.2, 0) is 6.54 Å². The van der Waals surface area contributed by atoms with Gasteiger partial charge in [-0.05, 0) is 46.0 Å². The summed E-state index contributed by atoms with van der Waals surface area (Å²) in [4.78, 5) is 12.0. The van der Waals surface area contributed by atoms with Crippen molar-refractivity contribution >= 4 is 11.7 Å². The summed E-state index contributed by atoms with van der Waals surface area (Å²) in [6.07, 6.45) is 7.75. The number of allylic oxidation sites excluding steroid dienone is 2. The highest BCUT2D eigenvalue weighted by Crippen LogP contribution is 2.19. The average molecular weight is 276 g/mol. The number of hydrogen-bond donors (Lipinski definition) is 2. The summed E-state index contributed by atoms with van der Waals surface area (Å²) < 4.78 is 1.90. The number of carbonyl (C=O) groups is 1. The predicted molar refractivity (Wildman–Crippen MR) is 80.9 cm³/mol. The standard InChI is InChI=1S/C15H24N4O/c1-4-19-12(3)14(11(2)18-19)17-15(20)16-10-13-8-6-5-7-9-13/h5-6,13H,4,7-10H2,1-3H3,(H2,16,17,20). The molecule has 110 valence electrons. The molecule has 1 aliphatic rings. The van der Waals surface area contributed by atoms with Crippen LogP contribution in [0.5, 0.6) is 0 Å². The van der Waals surface area contributed by atoms with Gasteiger partial charge in [0.15, 0.2) is 0 Å². The van der Waals surface area contributed by atoms with Crippen molar-refractivity contribution in [3.8, 4) is 0 Å². The topological polar surface area (TPSA) is 59.0 Å². The van der Waals surface area contributed by atoms with Crippen LogP contribution in [0.1, 0.15) is 37.6 Å². The Balaban J connectivity index is 1.88. The van der Waals surface area contributed by atoms with Gasteiger partial charge in [-0.2, -0.15) is 5.10 Å². The van der Waals surface area contributed by atoms with Gasteiger partial charge in [0.2, 0.25) is 0 Å². The fourth-order valence-corrected chi connectivity index (χ4v) is 2.62. The maximum Gasteiger partial charge on any atom is 0.319 e. The summed E-state index contributed by atoms with van der Waals surface area (Å²) in [7, 11) is 0. The van der Waals surface area contributed by atoms with Crippen molar-refractivity contribution in [2.45, 2.75) is 46.6 Å². The minimum atomic E-state index is -0.138. The molecule has 5 nitrogen and oxygen atoms in total. The van der Waals surface area contributed by atoms with Crippen molar-refractivity contribution in [2.75, 3.05) is 11.9 Å². The number of anilines is 1. The Kier molecular flexibility index (Phi) is 4.82. The van der Waals surface area contributed by atoms with Gasteiger partial charge in [-0.15, -0.1) is 0 Å². The van der Waals surface area contributed by atoms with Crippen molar-refractivity contribution in [2.24, 2.45) is 5.92 Å². The molecular weight excluding hydrogens is 252 g/mol. The zero-order valence-electron chi connectivity index (χ0n) is 12.6. The molecule has 5 heteroatoms. The Hall–Kier alpha value is -1.78. The first-order valence-electron chi connectivity index (χ1n) is 7.35. The van der Waals surface area contributed by atoms with Crippen LogP contribution in [0, 0.1) is 19.8 Å². The number of urea groups is 1. The average Bonchev–Trinajstić information content (AvgIpc) is 2.73. The molecular formula is C15H24N4O. The lowest BCUT2D eigenvalue weighted by Gasteiger charge is -2.18. The van der Waals surface area contributed by atoms with Crippen molar-refractivity contribution in [1.29, 1.82) is 0 Å². The lowest BCUT2D eigenvalue weighted by Crippen LogP contribution is -2.33. The highest BCUT2D eigenvalue weighted by Gasteiger charge is 2.15. The Morgan fingerprint density at radius 3 is 2.85 bits per heavy atom. The first-order chi connectivity index (χ1) is 9.61. The van der Waals surface area contributed by atoms with Crippen molar-refractivity contribution in [3.63, 3.8) is 0 Å². The van der Waals surface area contributed by atoms with Gasteiger partial charge >= 0.3 is 6.03 Å². The van der Waals surface area contributed by atoms with Crippen molar-refractivity contribution < 1.29 is 4.79 Å². The number of aromatic nitrogens is 2. The van der Waals surface area contributed by atoms with E-state index in [0.717, 1.165) is 49.4 Å². The lowest BCUT2D eigenvalue weighted by atomic mass is 9.94. The van der Waals surface area contributed by atoms with Gasteiger partial charge in [0.05, 0.1) is 17.1 Å². The monoisotopic (exact) mass is 276 g/mol. The van der Waals surface area contributed by atoms with Crippen molar-refractivity contribution in [1.82, 2.24) is 15.1 Å². The summed E-state index contributed by atoms with van der Waals surface area (Å²) in [6.45, 7) is 7.48. The van der Waals surface area contributed by atoms with E-state index in [-0.39, 0.29) is 6.03 Å². The number of amides is 2. The second-order valence-corrected chi connectivity index (χ2v) is 5.35. The summed E-state index contributed by atoms with van der Waals surface area (Å²) in [5.74, 6) is 0.561. The molecule has 0 aliphatic heterocycles. The molecule has 0 bridgehead atoms. The Morgan fingerprint density at radius 1 is 1.45 bits per heavy atom. The fraction of sp³-hybridized carbons (Fsp3) is 0.600. The maximum absolute atomic E-state index is 12.0. The molecule has 2 N–H and O–H groups in total. The molecule has 0 spiro atoms. The van der Waals surface area contributed by atoms with Gasteiger partial charge < -0.3 is 10.6 Å². The Morgan fingerprint density at radius 2 is 2.25 bits per heavy atom. The Bertz CT molecular complexity index is 504. The van der Waals surface area contributed by atoms with Crippen molar-refractivity contribution in [3.05, 3.63) is 23.5 Å². The van der Waals surface area contributed by atoms with Crippen LogP contribution in [0.2, 0.25) is 0 Å². The van der Waals surface area contributed by atoms with Crippen LogP contribution in [0.15, 0.2) is 12.2 Å². The zero-order chi connectivity index (χ0) is 14.5. The number of nitrogens with one attached hydrogen (secondary N) is 2. The lowest BCUT2D eigenvalue weighted by molar-refractivity contribution is 0.249. The van der Waals surface area contributed by atoms with Crippen LogP contribution in [0.25, 0.3) is 0 Å². The third kappa shape index (κ3) is 3.40. The molecule has 2 amide bonds. The van der Waals surface area contributed by atoms with E-state index in [0.29, 0.717) is 5.92 Å². The number of aryl methyl sites for hydroxylation is 2. The van der Waals surface area contributed by atoms with E-state index in [1.165, 1.54) is 0 Å². The minimum Gasteiger partial charge on any atom is -0.338 e. The van der Waals surface area contributed by atoms with Crippen LogP contribution < -0.4 is 10.6 Å². The van der Waals surface area contributed by atoms with E-state index in [1.807, 2.05) is 25.5 Å². The largest absolute Gasteiger partial charge is 0.338 e. The Labute approximate surface area is 120 Å². The third-order valence-corrected chi connectivity index (χ3v) is 3.85. The van der Waals surface area contributed by atoms with E-state index >= 15 is 0 Å². The van der Waals surface area contributed by atoms with Gasteiger partial charge in [0.1, 0.15) is 0 Å². The molecule has 1 atom stereocenters. The van der Waals surface area contributed by atoms with Crippen LogP contribution in [0.3, 0.4) is 0 Å². The van der Waals surface area contributed by atoms with E-state index < -0.39 is 0 Å². The normalized spacial score (nSPS) is 18.1. The fourth-order valence-electron chi connectivity index (χ4n) is 2.62. The molecule has 1 heterocycles. The van der Waals surface area contributed by atoms with E-state index in [4.69, 9.17) is 0 Å². The summed E-state index contributed by atoms with van der Waals surface area (Å²) in [6, 6.07) is -0.138. The molecule has 1 aromatic heterocycles. The summed E-state index contributed by atoms with van der Waals surface area (Å²) >= 11 is 0. The molecule has 20 heavy (non-hydrogen) atoms. The molecule has 1 unspecified atom stereocenters. The van der Waals surface area contributed by atoms with E-state index in [9.17, 15) is 4.79 Å². The SMILES string of the molecule is CCn1nc(C)c(NC(=O)NCC2CC=CCC2)c1C. The van der Waals surface area contributed by atoms with Crippen LogP contribution >= 0.6 is 0 Å². The second-order valence-electron chi connectivity index (χ2n) is 5.35. The van der Waals surface area contributed by atoms with Gasteiger partial charge in [-0.1, -0.05) is 12.2 Å². The number of hydrogen-bond acceptors (Lipinski definition) is 2. The molecule has 0 aromatic carbocycles. The summed E-state index contributed by atoms with van der Waals surface area (Å²) in [5.41, 5.74) is 2.69. The minimum absolute atomic E-state index is 0.138. The zero-order valence-corrected chi connectivity index (χ0v) is 12.6. The first-order valence-corrected chi connectivity index (χ1v) is 7.35. The summed E-state index contributed by atoms with van der Waals surface area (Å²) in [5, 5.41) is 10.3. The van der Waals surface area contributed by atoms with Gasteiger partial charge in [-0.25, -0.2) is 4.79 Å². The quantitative estimate of drug-likeness (QED) is 0.831. The van der Waals surface area contributed by atoms with Crippen LogP contribution in [0.4, 0.5) is 10.5 Å². The smallest absolute Gasteiger partial charge is 0.319 e.